The van der Waals surface area contributed by atoms with Crippen LogP contribution in [0.4, 0.5) is 0 Å². The van der Waals surface area contributed by atoms with Gasteiger partial charge in [-0.2, -0.15) is 0 Å². The smallest absolute Gasteiger partial charge is 0.179 e. The Balaban J connectivity index is 2.21. The van der Waals surface area contributed by atoms with Gasteiger partial charge in [0.25, 0.3) is 0 Å². The summed E-state index contributed by atoms with van der Waals surface area (Å²) in [6.07, 6.45) is 3.99. The molecule has 0 saturated carbocycles. The Hall–Kier alpha value is -2.83. The number of benzene rings is 3. The largest absolute Gasteiger partial charge is 0.486 e. The number of hydrogen-bond donors (Lipinski definition) is 0. The lowest BCUT2D eigenvalue weighted by Crippen LogP contribution is -2.34. The molecule has 0 spiro atoms. The van der Waals surface area contributed by atoms with Gasteiger partial charge in [-0.15, -0.1) is 0 Å². The van der Waals surface area contributed by atoms with Gasteiger partial charge in [0.15, 0.2) is 12.4 Å². The third-order valence-electron chi connectivity index (χ3n) is 4.70. The maximum absolute atomic E-state index is 11.8. The average Bonchev–Trinajstić information content (AvgIpc) is 3.20. The molecule has 4 rings (SSSR count). The lowest BCUT2D eigenvalue weighted by atomic mass is 10.3. The highest BCUT2D eigenvalue weighted by atomic mass is 31.2. The average molecular weight is 358 g/mol. The van der Waals surface area contributed by atoms with Gasteiger partial charge in [-0.3, -0.25) is 4.79 Å². The van der Waals surface area contributed by atoms with Crippen molar-refractivity contribution < 1.29 is 9.53 Å². The Morgan fingerprint density at radius 3 is 1.50 bits per heavy atom. The summed E-state index contributed by atoms with van der Waals surface area (Å²) < 4.78 is 5.63. The molecule has 0 radical (unpaired) electrons. The van der Waals surface area contributed by atoms with Crippen LogP contribution in [-0.2, 0) is 9.53 Å². The van der Waals surface area contributed by atoms with Crippen LogP contribution in [-0.4, -0.2) is 17.7 Å². The minimum atomic E-state index is -2.20. The SMILES string of the molecule is O=CC1OC=CC1=P(c1ccccc1)(c1ccccc1)c1ccccc1. The van der Waals surface area contributed by atoms with E-state index in [4.69, 9.17) is 4.74 Å². The first-order valence-electron chi connectivity index (χ1n) is 8.58. The molecule has 1 unspecified atom stereocenters. The van der Waals surface area contributed by atoms with Gasteiger partial charge in [0.1, 0.15) is 0 Å². The monoisotopic (exact) mass is 358 g/mol. The molecule has 26 heavy (non-hydrogen) atoms. The van der Waals surface area contributed by atoms with Gasteiger partial charge in [-0.05, 0) is 28.9 Å². The van der Waals surface area contributed by atoms with Crippen LogP contribution in [0.5, 0.6) is 0 Å². The maximum atomic E-state index is 11.8. The van der Waals surface area contributed by atoms with Gasteiger partial charge in [0.2, 0.25) is 0 Å². The van der Waals surface area contributed by atoms with Crippen molar-refractivity contribution in [1.82, 2.24) is 0 Å². The first kappa shape index (κ1) is 16.6. The van der Waals surface area contributed by atoms with Gasteiger partial charge >= 0.3 is 0 Å². The van der Waals surface area contributed by atoms with Crippen LogP contribution in [0.1, 0.15) is 0 Å². The van der Waals surface area contributed by atoms with Crippen LogP contribution in [0, 0.1) is 0 Å². The highest BCUT2D eigenvalue weighted by Gasteiger charge is 2.34. The van der Waals surface area contributed by atoms with E-state index in [0.717, 1.165) is 11.6 Å². The Morgan fingerprint density at radius 1 is 0.692 bits per heavy atom. The van der Waals surface area contributed by atoms with Gasteiger partial charge in [-0.1, -0.05) is 91.0 Å². The second-order valence-electron chi connectivity index (χ2n) is 6.10. The number of hydrogen-bond acceptors (Lipinski definition) is 2. The molecule has 0 aromatic heterocycles. The second-order valence-corrected chi connectivity index (χ2v) is 9.51. The van der Waals surface area contributed by atoms with E-state index >= 15 is 0 Å². The molecule has 2 nitrogen and oxygen atoms in total. The zero-order valence-corrected chi connectivity index (χ0v) is 15.1. The van der Waals surface area contributed by atoms with Gasteiger partial charge in [0.05, 0.1) is 6.26 Å². The molecule has 0 amide bonds. The van der Waals surface area contributed by atoms with Gasteiger partial charge in [-0.25, -0.2) is 0 Å². The van der Waals surface area contributed by atoms with Crippen molar-refractivity contribution in [2.24, 2.45) is 0 Å². The summed E-state index contributed by atoms with van der Waals surface area (Å²) in [7, 11) is 0. The Labute approximate surface area is 153 Å². The van der Waals surface area contributed by atoms with Gasteiger partial charge < -0.3 is 4.74 Å². The number of aldehydes is 1. The zero-order chi connectivity index (χ0) is 17.8. The van der Waals surface area contributed by atoms with Crippen LogP contribution < -0.4 is 15.9 Å². The molecule has 0 saturated heterocycles. The lowest BCUT2D eigenvalue weighted by Gasteiger charge is -2.32. The van der Waals surface area contributed by atoms with Crippen LogP contribution >= 0.6 is 6.89 Å². The summed E-state index contributed by atoms with van der Waals surface area (Å²) >= 11 is 0. The van der Waals surface area contributed by atoms with Crippen molar-refractivity contribution in [3.05, 3.63) is 103 Å². The van der Waals surface area contributed by atoms with Crippen molar-refractivity contribution in [1.29, 1.82) is 0 Å². The molecule has 3 aromatic rings. The number of carbonyl (C=O) groups excluding carboxylic acids is 1. The van der Waals surface area contributed by atoms with Crippen LogP contribution in [0.3, 0.4) is 0 Å². The third kappa shape index (κ3) is 2.64. The van der Waals surface area contributed by atoms with E-state index in [1.54, 1.807) is 6.26 Å². The fourth-order valence-electron chi connectivity index (χ4n) is 3.61. The molecular formula is C23H19O2P. The Bertz CT molecular complexity index is 873. The van der Waals surface area contributed by atoms with Crippen LogP contribution in [0.2, 0.25) is 0 Å². The molecule has 1 aliphatic rings. The van der Waals surface area contributed by atoms with Gasteiger partial charge in [0, 0.05) is 5.29 Å². The quantitative estimate of drug-likeness (QED) is 0.529. The summed E-state index contributed by atoms with van der Waals surface area (Å²) in [5.41, 5.74) is 0. The fraction of sp³-hybridized carbons (Fsp3) is 0.0435. The Kier molecular flexibility index (Phi) is 4.60. The number of carbonyl (C=O) groups is 1. The summed E-state index contributed by atoms with van der Waals surface area (Å²) in [6, 6.07) is 31.4. The molecule has 3 aromatic carbocycles. The minimum Gasteiger partial charge on any atom is -0.486 e. The lowest BCUT2D eigenvalue weighted by molar-refractivity contribution is -0.112. The van der Waals surface area contributed by atoms with Crippen molar-refractivity contribution >= 4 is 34.4 Å². The summed E-state index contributed by atoms with van der Waals surface area (Å²) in [6.45, 7) is -2.20. The van der Waals surface area contributed by atoms with Crippen LogP contribution in [0.15, 0.2) is 103 Å². The fourth-order valence-corrected chi connectivity index (χ4v) is 8.05. The molecule has 0 N–H and O–H groups in total. The summed E-state index contributed by atoms with van der Waals surface area (Å²) in [5, 5.41) is 4.69. The van der Waals surface area contributed by atoms with E-state index in [-0.39, 0.29) is 0 Å². The normalized spacial score (nSPS) is 16.3. The standard InChI is InChI=1S/C23H19O2P/c24-18-22-23(16-17-25-22)26(19-10-4-1-5-11-19,20-12-6-2-7-13-20)21-14-8-3-9-15-21/h1-18,22H. The zero-order valence-electron chi connectivity index (χ0n) is 14.2. The topological polar surface area (TPSA) is 26.3 Å². The minimum absolute atomic E-state index is 0.552. The van der Waals surface area contributed by atoms with Crippen molar-refractivity contribution in [2.75, 3.05) is 0 Å². The van der Waals surface area contributed by atoms with Crippen molar-refractivity contribution in [2.45, 2.75) is 6.10 Å². The Morgan fingerprint density at radius 2 is 1.12 bits per heavy atom. The molecule has 0 fully saturated rings. The summed E-state index contributed by atoms with van der Waals surface area (Å²) in [5.74, 6) is 0. The van der Waals surface area contributed by atoms with E-state index in [1.807, 2.05) is 24.3 Å². The summed E-state index contributed by atoms with van der Waals surface area (Å²) in [4.78, 5) is 11.8. The van der Waals surface area contributed by atoms with E-state index in [1.165, 1.54) is 15.9 Å². The predicted molar refractivity (Wildman–Crippen MR) is 110 cm³/mol. The van der Waals surface area contributed by atoms with E-state index in [2.05, 4.69) is 72.8 Å². The second kappa shape index (κ2) is 7.19. The maximum Gasteiger partial charge on any atom is 0.179 e. The highest BCUT2D eigenvalue weighted by Crippen LogP contribution is 2.48. The first-order valence-corrected chi connectivity index (χ1v) is 10.4. The molecule has 1 aliphatic heterocycles. The predicted octanol–water partition coefficient (Wildman–Crippen LogP) is 3.26. The van der Waals surface area contributed by atoms with Crippen molar-refractivity contribution in [3.63, 3.8) is 0 Å². The molecule has 0 bridgehead atoms. The third-order valence-corrected chi connectivity index (χ3v) is 9.09. The van der Waals surface area contributed by atoms with Crippen LogP contribution in [0.25, 0.3) is 0 Å². The molecule has 128 valence electrons. The van der Waals surface area contributed by atoms with Crippen molar-refractivity contribution in [3.8, 4) is 0 Å². The highest BCUT2D eigenvalue weighted by molar-refractivity contribution is 7.95. The van der Waals surface area contributed by atoms with E-state index < -0.39 is 13.0 Å². The molecule has 1 atom stereocenters. The molecule has 0 aliphatic carbocycles. The van der Waals surface area contributed by atoms with E-state index in [9.17, 15) is 4.79 Å². The number of rotatable bonds is 4. The van der Waals surface area contributed by atoms with E-state index in [0.29, 0.717) is 0 Å². The first-order chi connectivity index (χ1) is 12.9. The number of ether oxygens (including phenoxy) is 1. The molecular weight excluding hydrogens is 339 g/mol. The molecule has 3 heteroatoms. The molecule has 1 heterocycles.